The van der Waals surface area contributed by atoms with Gasteiger partial charge in [-0.2, -0.15) is 4.40 Å². The van der Waals surface area contributed by atoms with Crippen molar-refractivity contribution in [1.29, 1.82) is 0 Å². The molecular formula is C36H25N2+. The van der Waals surface area contributed by atoms with E-state index in [1.165, 1.54) is 82.2 Å². The van der Waals surface area contributed by atoms with Crippen molar-refractivity contribution in [3.05, 3.63) is 127 Å². The normalized spacial score (nSPS) is 11.9. The van der Waals surface area contributed by atoms with E-state index in [0.717, 1.165) is 0 Å². The van der Waals surface area contributed by atoms with Crippen LogP contribution in [0.5, 0.6) is 0 Å². The van der Waals surface area contributed by atoms with Gasteiger partial charge < -0.3 is 0 Å². The van der Waals surface area contributed by atoms with E-state index in [1.807, 2.05) is 12.4 Å². The molecule has 0 radical (unpaired) electrons. The van der Waals surface area contributed by atoms with Crippen molar-refractivity contribution in [1.82, 2.24) is 4.98 Å². The van der Waals surface area contributed by atoms with Gasteiger partial charge in [-0.3, -0.25) is 4.98 Å². The van der Waals surface area contributed by atoms with Gasteiger partial charge in [0.1, 0.15) is 0 Å². The third kappa shape index (κ3) is 2.89. The Labute approximate surface area is 220 Å². The molecule has 4 aromatic carbocycles. The van der Waals surface area contributed by atoms with Crippen LogP contribution in [0.2, 0.25) is 0 Å². The lowest BCUT2D eigenvalue weighted by Gasteiger charge is -2.15. The zero-order chi connectivity index (χ0) is 25.4. The second kappa shape index (κ2) is 7.84. The van der Waals surface area contributed by atoms with Gasteiger partial charge in [0.25, 0.3) is 0 Å². The molecule has 0 fully saturated rings. The number of rotatable bonds is 2. The highest BCUT2D eigenvalue weighted by Gasteiger charge is 2.25. The molecule has 4 aromatic heterocycles. The highest BCUT2D eigenvalue weighted by Crippen LogP contribution is 2.38. The number of benzene rings is 4. The summed E-state index contributed by atoms with van der Waals surface area (Å²) < 4.78 is 2.46. The van der Waals surface area contributed by atoms with Crippen molar-refractivity contribution >= 4 is 48.9 Å². The van der Waals surface area contributed by atoms with Crippen LogP contribution in [0.3, 0.4) is 0 Å². The van der Waals surface area contributed by atoms with Gasteiger partial charge in [0.15, 0.2) is 0 Å². The Morgan fingerprint density at radius 1 is 0.474 bits per heavy atom. The van der Waals surface area contributed by atoms with Crippen molar-refractivity contribution in [2.45, 2.75) is 13.8 Å². The van der Waals surface area contributed by atoms with Crippen LogP contribution in [0.1, 0.15) is 11.1 Å². The predicted molar refractivity (Wildman–Crippen MR) is 159 cm³/mol. The Morgan fingerprint density at radius 3 is 1.50 bits per heavy atom. The van der Waals surface area contributed by atoms with E-state index in [4.69, 9.17) is 0 Å². The maximum absolute atomic E-state index is 4.67. The molecule has 0 aliphatic rings. The summed E-state index contributed by atoms with van der Waals surface area (Å²) in [6.45, 7) is 4.46. The van der Waals surface area contributed by atoms with Crippen LogP contribution >= 0.6 is 0 Å². The van der Waals surface area contributed by atoms with Gasteiger partial charge in [-0.1, -0.05) is 78.9 Å². The summed E-state index contributed by atoms with van der Waals surface area (Å²) in [6.07, 6.45) is 4.04. The molecule has 0 spiro atoms. The fraction of sp³-hybridized carbons (Fsp3) is 0.0556. The monoisotopic (exact) mass is 485 g/mol. The zero-order valence-electron chi connectivity index (χ0n) is 21.4. The number of aryl methyl sites for hydroxylation is 2. The second-order valence-electron chi connectivity index (χ2n) is 10.4. The van der Waals surface area contributed by atoms with Crippen LogP contribution in [-0.2, 0) is 0 Å². The maximum Gasteiger partial charge on any atom is 0.230 e. The van der Waals surface area contributed by atoms with Gasteiger partial charge in [-0.25, -0.2) is 0 Å². The smallest absolute Gasteiger partial charge is 0.230 e. The molecule has 0 unspecified atom stereocenters. The molecule has 4 heterocycles. The Hall–Kier alpha value is -4.82. The lowest BCUT2D eigenvalue weighted by molar-refractivity contribution is -0.448. The average molecular weight is 486 g/mol. The first kappa shape index (κ1) is 21.3. The quantitative estimate of drug-likeness (QED) is 0.136. The van der Waals surface area contributed by atoms with E-state index in [0.29, 0.717) is 0 Å². The first-order valence-electron chi connectivity index (χ1n) is 13.1. The minimum absolute atomic E-state index is 1.19. The summed E-state index contributed by atoms with van der Waals surface area (Å²) in [5, 5.41) is 7.36. The van der Waals surface area contributed by atoms with Crippen LogP contribution in [0.25, 0.3) is 71.1 Å². The first-order valence-corrected chi connectivity index (χ1v) is 13.1. The average Bonchev–Trinajstić information content (AvgIpc) is 2.96. The van der Waals surface area contributed by atoms with Gasteiger partial charge in [0.2, 0.25) is 16.6 Å². The number of pyridine rings is 4. The molecule has 0 aliphatic carbocycles. The minimum Gasteiger partial charge on any atom is -0.263 e. The number of hydrogen-bond donors (Lipinski definition) is 0. The van der Waals surface area contributed by atoms with E-state index < -0.39 is 0 Å². The topological polar surface area (TPSA) is 17.0 Å². The van der Waals surface area contributed by atoms with Gasteiger partial charge in [-0.05, 0) is 59.4 Å². The Bertz CT molecular complexity index is 2070. The van der Waals surface area contributed by atoms with Crippen LogP contribution in [0.15, 0.2) is 116 Å². The number of hydrogen-bond acceptors (Lipinski definition) is 1. The lowest BCUT2D eigenvalue weighted by Crippen LogP contribution is -2.26. The molecular weight excluding hydrogens is 460 g/mol. The molecule has 2 heteroatoms. The number of aromatic nitrogens is 2. The summed E-state index contributed by atoms with van der Waals surface area (Å²) >= 11 is 0. The Balaban J connectivity index is 1.53. The van der Waals surface area contributed by atoms with Crippen LogP contribution in [0, 0.1) is 13.8 Å². The molecule has 8 aromatic rings. The summed E-state index contributed by atoms with van der Waals surface area (Å²) in [5.74, 6) is 0. The summed E-state index contributed by atoms with van der Waals surface area (Å²) in [4.78, 5) is 4.67. The summed E-state index contributed by atoms with van der Waals surface area (Å²) in [7, 11) is 0. The predicted octanol–water partition coefficient (Wildman–Crippen LogP) is 8.82. The number of nitrogens with zero attached hydrogens (tertiary/aromatic N) is 2. The fourth-order valence-corrected chi connectivity index (χ4v) is 6.56. The molecule has 0 atom stereocenters. The maximum atomic E-state index is 4.67. The van der Waals surface area contributed by atoms with E-state index in [2.05, 4.69) is 126 Å². The first-order chi connectivity index (χ1) is 18.7. The van der Waals surface area contributed by atoms with Crippen molar-refractivity contribution in [3.63, 3.8) is 0 Å². The molecule has 0 N–H and O–H groups in total. The van der Waals surface area contributed by atoms with Crippen molar-refractivity contribution in [2.24, 2.45) is 0 Å². The summed E-state index contributed by atoms with van der Waals surface area (Å²) in [6, 6.07) is 37.6. The Morgan fingerprint density at radius 2 is 0.947 bits per heavy atom. The van der Waals surface area contributed by atoms with E-state index in [-0.39, 0.29) is 0 Å². The molecule has 0 amide bonds. The van der Waals surface area contributed by atoms with Crippen molar-refractivity contribution in [2.75, 3.05) is 0 Å². The van der Waals surface area contributed by atoms with Crippen LogP contribution in [-0.4, -0.2) is 4.98 Å². The zero-order valence-corrected chi connectivity index (χ0v) is 21.4. The molecule has 178 valence electrons. The molecule has 0 saturated carbocycles. The molecule has 0 aliphatic heterocycles. The number of fused-ring (bicyclic) bond motifs is 6. The third-order valence-corrected chi connectivity index (χ3v) is 8.12. The van der Waals surface area contributed by atoms with Gasteiger partial charge in [0.05, 0.1) is 21.5 Å². The SMILES string of the molecule is Cc1cc(-c2cc3c4ccccc4c4cncc5c6ccccc6c(c2)[n+]3c45)cc(C)c1-c1ccccc1. The van der Waals surface area contributed by atoms with Gasteiger partial charge >= 0.3 is 0 Å². The highest BCUT2D eigenvalue weighted by atomic mass is 14.9. The Kier molecular flexibility index (Phi) is 4.39. The molecule has 38 heavy (non-hydrogen) atoms. The highest BCUT2D eigenvalue weighted by molar-refractivity contribution is 6.20. The van der Waals surface area contributed by atoms with E-state index >= 15 is 0 Å². The van der Waals surface area contributed by atoms with Gasteiger partial charge in [0, 0.05) is 35.3 Å². The molecule has 8 rings (SSSR count). The molecule has 2 nitrogen and oxygen atoms in total. The lowest BCUT2D eigenvalue weighted by atomic mass is 9.90. The second-order valence-corrected chi connectivity index (χ2v) is 10.4. The van der Waals surface area contributed by atoms with Crippen molar-refractivity contribution in [3.8, 4) is 22.3 Å². The largest absolute Gasteiger partial charge is 0.263 e. The van der Waals surface area contributed by atoms with Crippen molar-refractivity contribution < 1.29 is 4.40 Å². The van der Waals surface area contributed by atoms with Crippen LogP contribution < -0.4 is 4.40 Å². The molecule has 0 saturated heterocycles. The van der Waals surface area contributed by atoms with Crippen LogP contribution in [0.4, 0.5) is 0 Å². The third-order valence-electron chi connectivity index (χ3n) is 8.12. The van der Waals surface area contributed by atoms with E-state index in [9.17, 15) is 0 Å². The summed E-state index contributed by atoms with van der Waals surface area (Å²) in [5.41, 5.74) is 11.4. The molecule has 0 bridgehead atoms. The van der Waals surface area contributed by atoms with Gasteiger partial charge in [-0.15, -0.1) is 0 Å². The standard InChI is InChI=1S/C36H25N2/c1-22-16-25(17-23(2)35(22)24-10-4-3-5-11-24)26-18-33-29-14-8-6-12-27(29)31-20-37-21-32-28-13-7-9-15-30(28)34(19-26)38(33)36(31)32/h3-21H,1-2H3/q+1. The van der Waals surface area contributed by atoms with E-state index in [1.54, 1.807) is 0 Å². The fourth-order valence-electron chi connectivity index (χ4n) is 6.56. The minimum atomic E-state index is 1.19.